The van der Waals surface area contributed by atoms with Gasteiger partial charge in [-0.1, -0.05) is 29.8 Å². The fraction of sp³-hybridized carbons (Fsp3) is 0.462. The maximum absolute atomic E-state index is 11.6. The average molecular weight is 334 g/mol. The summed E-state index contributed by atoms with van der Waals surface area (Å²) < 4.78 is 23.2. The number of hydrogen-bond donors (Lipinski definition) is 2. The maximum Gasteiger partial charge on any atom is 0.317 e. The minimum absolute atomic E-state index is 0.170. The zero-order valence-electron chi connectivity index (χ0n) is 11.1. The molecule has 0 spiro atoms. The number of carbonyl (C=O) groups is 1. The van der Waals surface area contributed by atoms with Crippen molar-refractivity contribution < 1.29 is 23.4 Å². The van der Waals surface area contributed by atoms with Crippen LogP contribution in [0.25, 0.3) is 0 Å². The first-order valence-electron chi connectivity index (χ1n) is 6.36. The van der Waals surface area contributed by atoms with Gasteiger partial charge >= 0.3 is 5.97 Å². The number of rotatable bonds is 5. The topological polar surface area (TPSA) is 94.9 Å². The Morgan fingerprint density at radius 2 is 2.00 bits per heavy atom. The van der Waals surface area contributed by atoms with Gasteiger partial charge < -0.3 is 10.2 Å². The predicted octanol–water partition coefficient (Wildman–Crippen LogP) is 0.385. The number of carboxylic acid groups (broad SMARTS) is 1. The Bertz CT molecular complexity index is 633. The largest absolute Gasteiger partial charge is 0.480 e. The molecule has 2 N–H and O–H groups in total. The molecule has 0 aliphatic carbocycles. The number of aliphatic hydroxyl groups is 1. The Morgan fingerprint density at radius 1 is 1.33 bits per heavy atom. The summed E-state index contributed by atoms with van der Waals surface area (Å²) in [5.41, 5.74) is 0.692. The molecule has 0 bridgehead atoms. The van der Waals surface area contributed by atoms with Gasteiger partial charge in [-0.3, -0.25) is 9.69 Å². The molecule has 8 heteroatoms. The number of sulfone groups is 1. The number of benzene rings is 1. The summed E-state index contributed by atoms with van der Waals surface area (Å²) in [6.45, 7) is -0.189. The fourth-order valence-electron chi connectivity index (χ4n) is 2.47. The number of aliphatic hydroxyl groups excluding tert-OH is 1. The van der Waals surface area contributed by atoms with Crippen molar-refractivity contribution in [3.63, 3.8) is 0 Å². The first kappa shape index (κ1) is 16.2. The van der Waals surface area contributed by atoms with E-state index in [4.69, 9.17) is 16.7 Å². The maximum atomic E-state index is 11.6. The van der Waals surface area contributed by atoms with Crippen molar-refractivity contribution in [1.82, 2.24) is 4.90 Å². The van der Waals surface area contributed by atoms with Crippen molar-refractivity contribution in [3.05, 3.63) is 34.9 Å². The molecular formula is C13H16ClNO5S. The van der Waals surface area contributed by atoms with E-state index in [0.717, 1.165) is 0 Å². The van der Waals surface area contributed by atoms with E-state index >= 15 is 0 Å². The van der Waals surface area contributed by atoms with Gasteiger partial charge in [-0.15, -0.1) is 0 Å². The molecule has 2 rings (SSSR count). The molecule has 1 saturated heterocycles. The van der Waals surface area contributed by atoms with Crippen LogP contribution in [0, 0.1) is 0 Å². The first-order chi connectivity index (χ1) is 9.78. The second kappa shape index (κ2) is 6.31. The molecule has 116 valence electrons. The van der Waals surface area contributed by atoms with Crippen LogP contribution in [0.5, 0.6) is 0 Å². The molecule has 1 aromatic carbocycles. The SMILES string of the molecule is O=C(O)CN(Cc1ccccc1Cl)[C@H]1CS(=O)(=O)C[C@@H]1O. The van der Waals surface area contributed by atoms with Crippen LogP contribution in [0.3, 0.4) is 0 Å². The lowest BCUT2D eigenvalue weighted by atomic mass is 10.1. The van der Waals surface area contributed by atoms with Crippen LogP contribution in [-0.2, 0) is 21.2 Å². The van der Waals surface area contributed by atoms with Crippen molar-refractivity contribution in [1.29, 1.82) is 0 Å². The summed E-state index contributed by atoms with van der Waals surface area (Å²) in [5, 5.41) is 19.4. The average Bonchev–Trinajstić information content (AvgIpc) is 2.64. The normalized spacial score (nSPS) is 24.3. The molecule has 0 unspecified atom stereocenters. The summed E-state index contributed by atoms with van der Waals surface area (Å²) in [6.07, 6.45) is -1.09. The highest BCUT2D eigenvalue weighted by molar-refractivity contribution is 7.91. The Labute approximate surface area is 127 Å². The number of nitrogens with zero attached hydrogens (tertiary/aromatic N) is 1. The molecule has 0 saturated carbocycles. The Balaban J connectivity index is 2.23. The van der Waals surface area contributed by atoms with Crippen LogP contribution < -0.4 is 0 Å². The van der Waals surface area contributed by atoms with E-state index < -0.39 is 28.0 Å². The summed E-state index contributed by atoms with van der Waals surface area (Å²) in [4.78, 5) is 12.4. The monoisotopic (exact) mass is 333 g/mol. The van der Waals surface area contributed by atoms with E-state index in [0.29, 0.717) is 10.6 Å². The number of aliphatic carboxylic acids is 1. The van der Waals surface area contributed by atoms with Gasteiger partial charge in [0, 0.05) is 11.6 Å². The predicted molar refractivity (Wildman–Crippen MR) is 77.9 cm³/mol. The molecule has 2 atom stereocenters. The van der Waals surface area contributed by atoms with E-state index in [9.17, 15) is 18.3 Å². The molecule has 0 amide bonds. The Hall–Kier alpha value is -1.15. The summed E-state index contributed by atoms with van der Waals surface area (Å²) in [5.74, 6) is -1.67. The van der Waals surface area contributed by atoms with Gasteiger partial charge in [0.2, 0.25) is 0 Å². The summed E-state index contributed by atoms with van der Waals surface area (Å²) in [6, 6.07) is 6.21. The van der Waals surface area contributed by atoms with Crippen molar-refractivity contribution in [3.8, 4) is 0 Å². The Morgan fingerprint density at radius 3 is 2.52 bits per heavy atom. The highest BCUT2D eigenvalue weighted by Crippen LogP contribution is 2.23. The van der Waals surface area contributed by atoms with Crippen LogP contribution >= 0.6 is 11.6 Å². The highest BCUT2D eigenvalue weighted by Gasteiger charge is 2.40. The lowest BCUT2D eigenvalue weighted by molar-refractivity contribution is -0.139. The third-order valence-electron chi connectivity index (χ3n) is 3.43. The lowest BCUT2D eigenvalue weighted by Crippen LogP contribution is -2.45. The number of carboxylic acids is 1. The second-order valence-electron chi connectivity index (χ2n) is 5.10. The lowest BCUT2D eigenvalue weighted by Gasteiger charge is -2.28. The van der Waals surface area contributed by atoms with Crippen LogP contribution in [0.2, 0.25) is 5.02 Å². The second-order valence-corrected chi connectivity index (χ2v) is 7.66. The van der Waals surface area contributed by atoms with Crippen LogP contribution in [0.4, 0.5) is 0 Å². The van der Waals surface area contributed by atoms with Gasteiger partial charge in [-0.25, -0.2) is 8.42 Å². The molecule has 1 aliphatic rings. The molecule has 1 aliphatic heterocycles. The molecule has 1 aromatic rings. The molecular weight excluding hydrogens is 318 g/mol. The molecule has 1 heterocycles. The number of hydrogen-bond acceptors (Lipinski definition) is 5. The minimum atomic E-state index is -3.35. The van der Waals surface area contributed by atoms with Crippen molar-refractivity contribution in [2.75, 3.05) is 18.1 Å². The smallest absolute Gasteiger partial charge is 0.317 e. The molecule has 0 radical (unpaired) electrons. The molecule has 6 nitrogen and oxygen atoms in total. The van der Waals surface area contributed by atoms with Crippen molar-refractivity contribution in [2.45, 2.75) is 18.7 Å². The summed E-state index contributed by atoms with van der Waals surface area (Å²) in [7, 11) is -3.35. The van der Waals surface area contributed by atoms with Gasteiger partial charge in [0.15, 0.2) is 9.84 Å². The van der Waals surface area contributed by atoms with Crippen LogP contribution in [-0.4, -0.2) is 59.7 Å². The third-order valence-corrected chi connectivity index (χ3v) is 5.50. The Kier molecular flexibility index (Phi) is 4.88. The van der Waals surface area contributed by atoms with Crippen LogP contribution in [0.15, 0.2) is 24.3 Å². The zero-order valence-corrected chi connectivity index (χ0v) is 12.7. The van der Waals surface area contributed by atoms with Gasteiger partial charge in [-0.2, -0.15) is 0 Å². The van der Waals surface area contributed by atoms with Gasteiger partial charge in [0.05, 0.1) is 30.2 Å². The first-order valence-corrected chi connectivity index (χ1v) is 8.56. The van der Waals surface area contributed by atoms with E-state index in [1.807, 2.05) is 0 Å². The highest BCUT2D eigenvalue weighted by atomic mass is 35.5. The van der Waals surface area contributed by atoms with E-state index in [-0.39, 0.29) is 24.6 Å². The zero-order chi connectivity index (χ0) is 15.6. The fourth-order valence-corrected chi connectivity index (χ4v) is 4.50. The van der Waals surface area contributed by atoms with Gasteiger partial charge in [0.1, 0.15) is 0 Å². The molecule has 21 heavy (non-hydrogen) atoms. The third kappa shape index (κ3) is 4.16. The summed E-state index contributed by atoms with van der Waals surface area (Å²) >= 11 is 6.05. The van der Waals surface area contributed by atoms with E-state index in [1.54, 1.807) is 24.3 Å². The van der Waals surface area contributed by atoms with Gasteiger partial charge in [0.25, 0.3) is 0 Å². The standard InChI is InChI=1S/C13H16ClNO5S/c14-10-4-2-1-3-9(10)5-15(6-13(17)18)11-7-21(19,20)8-12(11)16/h1-4,11-12,16H,5-8H2,(H,17,18)/t11-,12-/m0/s1. The van der Waals surface area contributed by atoms with E-state index in [1.165, 1.54) is 4.90 Å². The van der Waals surface area contributed by atoms with Crippen molar-refractivity contribution >= 4 is 27.4 Å². The molecule has 0 aromatic heterocycles. The quantitative estimate of drug-likeness (QED) is 0.809. The van der Waals surface area contributed by atoms with Gasteiger partial charge in [-0.05, 0) is 11.6 Å². The van der Waals surface area contributed by atoms with Crippen LogP contribution in [0.1, 0.15) is 5.56 Å². The number of halogens is 1. The minimum Gasteiger partial charge on any atom is -0.480 e. The molecule has 1 fully saturated rings. The van der Waals surface area contributed by atoms with E-state index in [2.05, 4.69) is 0 Å². The van der Waals surface area contributed by atoms with Crippen molar-refractivity contribution in [2.24, 2.45) is 0 Å².